The molecule has 120 valence electrons. The minimum absolute atomic E-state index is 0.0566. The van der Waals surface area contributed by atoms with E-state index in [2.05, 4.69) is 32.6 Å². The molecule has 0 saturated heterocycles. The van der Waals surface area contributed by atoms with Crippen LogP contribution in [0, 0.1) is 17.8 Å². The van der Waals surface area contributed by atoms with Crippen LogP contribution >= 0.6 is 0 Å². The largest absolute Gasteiger partial charge is 0.393 e. The average molecular weight is 284 g/mol. The Morgan fingerprint density at radius 2 is 1.80 bits per heavy atom. The zero-order chi connectivity index (χ0) is 15.0. The summed E-state index contributed by atoms with van der Waals surface area (Å²) in [7, 11) is 0. The van der Waals surface area contributed by atoms with Crippen LogP contribution in [-0.4, -0.2) is 35.7 Å². The van der Waals surface area contributed by atoms with Gasteiger partial charge >= 0.3 is 0 Å². The molecule has 0 aliphatic heterocycles. The van der Waals surface area contributed by atoms with Gasteiger partial charge < -0.3 is 10.0 Å². The van der Waals surface area contributed by atoms with Gasteiger partial charge in [0.15, 0.2) is 0 Å². The van der Waals surface area contributed by atoms with Gasteiger partial charge in [0.1, 0.15) is 0 Å². The van der Waals surface area contributed by atoms with Crippen LogP contribution in [-0.2, 0) is 0 Å². The van der Waals surface area contributed by atoms with E-state index in [1.807, 2.05) is 0 Å². The minimum atomic E-state index is -0.0566. The molecule has 0 bridgehead atoms. The molecule has 1 aliphatic rings. The van der Waals surface area contributed by atoms with Crippen molar-refractivity contribution in [2.75, 3.05) is 19.6 Å². The molecule has 2 heteroatoms. The van der Waals surface area contributed by atoms with Gasteiger partial charge in [0.25, 0.3) is 0 Å². The van der Waals surface area contributed by atoms with Crippen molar-refractivity contribution < 1.29 is 5.11 Å². The monoisotopic (exact) mass is 283 g/mol. The van der Waals surface area contributed by atoms with E-state index < -0.39 is 0 Å². The number of aliphatic hydroxyl groups excluding tert-OH is 1. The molecule has 0 heterocycles. The highest BCUT2D eigenvalue weighted by molar-refractivity contribution is 4.82. The Balaban J connectivity index is 2.49. The van der Waals surface area contributed by atoms with Crippen LogP contribution in [0.15, 0.2) is 0 Å². The summed E-state index contributed by atoms with van der Waals surface area (Å²) in [5.74, 6) is 2.19. The third kappa shape index (κ3) is 5.73. The zero-order valence-corrected chi connectivity index (χ0v) is 14.3. The molecule has 0 radical (unpaired) electrons. The minimum Gasteiger partial charge on any atom is -0.393 e. The van der Waals surface area contributed by atoms with Crippen molar-refractivity contribution in [3.63, 3.8) is 0 Å². The third-order valence-electron chi connectivity index (χ3n) is 5.36. The summed E-state index contributed by atoms with van der Waals surface area (Å²) in [5, 5.41) is 10.3. The lowest BCUT2D eigenvalue weighted by Crippen LogP contribution is -2.40. The molecule has 20 heavy (non-hydrogen) atoms. The highest BCUT2D eigenvalue weighted by atomic mass is 16.3. The second kappa shape index (κ2) is 9.78. The zero-order valence-electron chi connectivity index (χ0n) is 14.3. The molecule has 0 aromatic rings. The van der Waals surface area contributed by atoms with Crippen molar-refractivity contribution in [2.45, 2.75) is 78.7 Å². The van der Waals surface area contributed by atoms with Gasteiger partial charge in [0, 0.05) is 13.1 Å². The molecule has 1 fully saturated rings. The number of rotatable bonds is 9. The Labute approximate surface area is 126 Å². The van der Waals surface area contributed by atoms with Crippen molar-refractivity contribution in [3.05, 3.63) is 0 Å². The van der Waals surface area contributed by atoms with E-state index in [1.54, 1.807) is 0 Å². The molecular weight excluding hydrogens is 246 g/mol. The Hall–Kier alpha value is -0.0800. The average Bonchev–Trinajstić information content (AvgIpc) is 2.46. The molecular formula is C18H37NO. The van der Waals surface area contributed by atoms with Crippen molar-refractivity contribution >= 4 is 0 Å². The van der Waals surface area contributed by atoms with Gasteiger partial charge in [-0.1, -0.05) is 53.4 Å². The lowest BCUT2D eigenvalue weighted by atomic mass is 9.77. The van der Waals surface area contributed by atoms with Crippen molar-refractivity contribution in [1.29, 1.82) is 0 Å². The maximum Gasteiger partial charge on any atom is 0.0580 e. The number of hydrogen-bond acceptors (Lipinski definition) is 2. The Kier molecular flexibility index (Phi) is 8.79. The summed E-state index contributed by atoms with van der Waals surface area (Å²) < 4.78 is 0. The maximum absolute atomic E-state index is 10.3. The maximum atomic E-state index is 10.3. The van der Waals surface area contributed by atoms with Gasteiger partial charge in [-0.25, -0.2) is 0 Å². The van der Waals surface area contributed by atoms with Gasteiger partial charge in [-0.3, -0.25) is 0 Å². The summed E-state index contributed by atoms with van der Waals surface area (Å²) in [6.45, 7) is 12.6. The fraction of sp³-hybridized carbons (Fsp3) is 1.00. The van der Waals surface area contributed by atoms with Gasteiger partial charge in [-0.05, 0) is 43.6 Å². The summed E-state index contributed by atoms with van der Waals surface area (Å²) in [5.41, 5.74) is 0. The van der Waals surface area contributed by atoms with Crippen LogP contribution in [0.25, 0.3) is 0 Å². The predicted molar refractivity (Wildman–Crippen MR) is 87.9 cm³/mol. The van der Waals surface area contributed by atoms with Crippen molar-refractivity contribution in [1.82, 2.24) is 4.90 Å². The first-order valence-electron chi connectivity index (χ1n) is 9.04. The molecule has 0 aromatic carbocycles. The molecule has 0 aromatic heterocycles. The normalized spacial score (nSPS) is 27.4. The SMILES string of the molecule is CCCC1CCC(O)C(CN(CC)CC(CC)CC)C1. The van der Waals surface area contributed by atoms with Crippen LogP contribution in [0.5, 0.6) is 0 Å². The molecule has 0 spiro atoms. The van der Waals surface area contributed by atoms with E-state index in [4.69, 9.17) is 0 Å². The van der Waals surface area contributed by atoms with Gasteiger partial charge in [-0.2, -0.15) is 0 Å². The van der Waals surface area contributed by atoms with E-state index in [0.717, 1.165) is 31.3 Å². The topological polar surface area (TPSA) is 23.5 Å². The Morgan fingerprint density at radius 3 is 2.35 bits per heavy atom. The molecule has 0 amide bonds. The molecule has 1 rings (SSSR count). The first kappa shape index (κ1) is 18.0. The standard InChI is InChI=1S/C18H37NO/c1-5-9-16-10-11-18(20)17(12-16)14-19(8-4)13-15(6-2)7-3/h15-18,20H,5-14H2,1-4H3. The molecule has 3 unspecified atom stereocenters. The van der Waals surface area contributed by atoms with Crippen LogP contribution in [0.3, 0.4) is 0 Å². The molecule has 1 N–H and O–H groups in total. The van der Waals surface area contributed by atoms with E-state index in [-0.39, 0.29) is 6.10 Å². The summed E-state index contributed by atoms with van der Waals surface area (Å²) in [6.07, 6.45) is 8.65. The van der Waals surface area contributed by atoms with Crippen LogP contribution in [0.4, 0.5) is 0 Å². The summed E-state index contributed by atoms with van der Waals surface area (Å²) in [6, 6.07) is 0. The first-order chi connectivity index (χ1) is 9.64. The Morgan fingerprint density at radius 1 is 1.10 bits per heavy atom. The smallest absolute Gasteiger partial charge is 0.0580 e. The van der Waals surface area contributed by atoms with Crippen molar-refractivity contribution in [3.8, 4) is 0 Å². The fourth-order valence-corrected chi connectivity index (χ4v) is 3.79. The second-order valence-corrected chi connectivity index (χ2v) is 6.83. The quantitative estimate of drug-likeness (QED) is 0.681. The Bertz CT molecular complexity index is 240. The molecule has 1 saturated carbocycles. The summed E-state index contributed by atoms with van der Waals surface area (Å²) >= 11 is 0. The van der Waals surface area contributed by atoms with E-state index >= 15 is 0 Å². The number of aliphatic hydroxyl groups is 1. The van der Waals surface area contributed by atoms with Crippen LogP contribution in [0.2, 0.25) is 0 Å². The summed E-state index contributed by atoms with van der Waals surface area (Å²) in [4.78, 5) is 2.58. The lowest BCUT2D eigenvalue weighted by Gasteiger charge is -2.37. The number of nitrogens with zero attached hydrogens (tertiary/aromatic N) is 1. The van der Waals surface area contributed by atoms with Gasteiger partial charge in [0.05, 0.1) is 6.10 Å². The fourth-order valence-electron chi connectivity index (χ4n) is 3.79. The molecule has 2 nitrogen and oxygen atoms in total. The van der Waals surface area contributed by atoms with E-state index in [0.29, 0.717) is 5.92 Å². The van der Waals surface area contributed by atoms with Gasteiger partial charge in [-0.15, -0.1) is 0 Å². The number of hydrogen-bond donors (Lipinski definition) is 1. The van der Waals surface area contributed by atoms with Crippen molar-refractivity contribution in [2.24, 2.45) is 17.8 Å². The van der Waals surface area contributed by atoms with Gasteiger partial charge in [0.2, 0.25) is 0 Å². The predicted octanol–water partition coefficient (Wildman–Crippen LogP) is 4.32. The third-order valence-corrected chi connectivity index (χ3v) is 5.36. The lowest BCUT2D eigenvalue weighted by molar-refractivity contribution is 0.0237. The van der Waals surface area contributed by atoms with E-state index in [9.17, 15) is 5.11 Å². The molecule has 3 atom stereocenters. The molecule has 1 aliphatic carbocycles. The van der Waals surface area contributed by atoms with Crippen LogP contribution in [0.1, 0.15) is 72.6 Å². The van der Waals surface area contributed by atoms with E-state index in [1.165, 1.54) is 45.1 Å². The highest BCUT2D eigenvalue weighted by Crippen LogP contribution is 2.33. The highest BCUT2D eigenvalue weighted by Gasteiger charge is 2.30. The van der Waals surface area contributed by atoms with Crippen LogP contribution < -0.4 is 0 Å². The first-order valence-corrected chi connectivity index (χ1v) is 9.04. The second-order valence-electron chi connectivity index (χ2n) is 6.83.